The molecule has 6 rings (SSSR count). The Morgan fingerprint density at radius 1 is 0.955 bits per heavy atom. The third-order valence-corrected chi connectivity index (χ3v) is 8.22. The molecule has 7 nitrogen and oxygen atoms in total. The van der Waals surface area contributed by atoms with Crippen LogP contribution in [0.25, 0.3) is 22.6 Å². The summed E-state index contributed by atoms with van der Waals surface area (Å²) in [6.07, 6.45) is 6.00. The number of imidazole rings is 1. The van der Waals surface area contributed by atoms with E-state index >= 15 is 0 Å². The Labute approximate surface area is 258 Å². The second kappa shape index (κ2) is 13.8. The molecular formula is C36H39FN6O. The summed E-state index contributed by atoms with van der Waals surface area (Å²) in [4.78, 5) is 17.2. The van der Waals surface area contributed by atoms with Crippen LogP contribution < -0.4 is 10.1 Å². The molecule has 0 radical (unpaired) electrons. The Hall–Kier alpha value is -4.56. The van der Waals surface area contributed by atoms with Crippen molar-refractivity contribution >= 4 is 5.95 Å². The standard InChI is InChI=1S/C36H39FN6O/c1-3-4-22-42(24-27-8-6-5-7-9-27)25-30-16-19-33-41-34(28-12-14-29(37)15-13-28)35(43(30)33)32-20-21-38-36(40-32)39-23-26-10-17-31(44-2)18-11-26/h5-15,17-18,20-21,30H,3-4,16,19,22-25H2,1-2H3,(H,38,39,40). The first-order valence-corrected chi connectivity index (χ1v) is 15.4. The van der Waals surface area contributed by atoms with Crippen LogP contribution in [0.2, 0.25) is 0 Å². The summed E-state index contributed by atoms with van der Waals surface area (Å²) in [5.74, 6) is 2.15. The molecule has 44 heavy (non-hydrogen) atoms. The molecule has 0 aliphatic carbocycles. The number of hydrogen-bond donors (Lipinski definition) is 1. The fourth-order valence-electron chi connectivity index (χ4n) is 5.96. The quantitative estimate of drug-likeness (QED) is 0.153. The predicted molar refractivity (Wildman–Crippen MR) is 173 cm³/mol. The highest BCUT2D eigenvalue weighted by Crippen LogP contribution is 2.39. The van der Waals surface area contributed by atoms with Crippen LogP contribution in [0.3, 0.4) is 0 Å². The van der Waals surface area contributed by atoms with E-state index in [1.54, 1.807) is 25.4 Å². The van der Waals surface area contributed by atoms with Gasteiger partial charge in [-0.2, -0.15) is 0 Å². The Morgan fingerprint density at radius 3 is 2.50 bits per heavy atom. The monoisotopic (exact) mass is 590 g/mol. The van der Waals surface area contributed by atoms with Gasteiger partial charge in [-0.1, -0.05) is 55.8 Å². The van der Waals surface area contributed by atoms with Gasteiger partial charge in [0.1, 0.15) is 17.4 Å². The molecule has 2 aromatic heterocycles. The van der Waals surface area contributed by atoms with Crippen molar-refractivity contribution < 1.29 is 9.13 Å². The summed E-state index contributed by atoms with van der Waals surface area (Å²) in [5.41, 5.74) is 5.88. The molecule has 0 fully saturated rings. The minimum absolute atomic E-state index is 0.243. The van der Waals surface area contributed by atoms with Crippen molar-refractivity contribution in [2.75, 3.05) is 25.5 Å². The van der Waals surface area contributed by atoms with Crippen LogP contribution in [0.1, 0.15) is 49.2 Å². The first kappa shape index (κ1) is 29.5. The van der Waals surface area contributed by atoms with Crippen LogP contribution >= 0.6 is 0 Å². The number of fused-ring (bicyclic) bond motifs is 1. The Balaban J connectivity index is 1.33. The first-order chi connectivity index (χ1) is 21.6. The van der Waals surface area contributed by atoms with Crippen LogP contribution in [0, 0.1) is 5.82 Å². The van der Waals surface area contributed by atoms with Crippen molar-refractivity contribution in [1.82, 2.24) is 24.4 Å². The van der Waals surface area contributed by atoms with Crippen molar-refractivity contribution in [1.29, 1.82) is 0 Å². The molecule has 3 heterocycles. The molecule has 3 aromatic carbocycles. The molecule has 1 aliphatic rings. The van der Waals surface area contributed by atoms with Gasteiger partial charge in [-0.15, -0.1) is 0 Å². The van der Waals surface area contributed by atoms with Gasteiger partial charge in [0, 0.05) is 43.9 Å². The number of nitrogens with one attached hydrogen (secondary N) is 1. The van der Waals surface area contributed by atoms with Crippen LogP contribution in [-0.4, -0.2) is 44.6 Å². The van der Waals surface area contributed by atoms with E-state index in [2.05, 4.69) is 57.0 Å². The van der Waals surface area contributed by atoms with E-state index in [0.717, 1.165) is 85.1 Å². The zero-order valence-corrected chi connectivity index (χ0v) is 25.4. The summed E-state index contributed by atoms with van der Waals surface area (Å²) >= 11 is 0. The topological polar surface area (TPSA) is 68.1 Å². The number of rotatable bonds is 13. The summed E-state index contributed by atoms with van der Waals surface area (Å²) in [7, 11) is 1.66. The Bertz CT molecular complexity index is 1650. The van der Waals surface area contributed by atoms with Gasteiger partial charge in [-0.05, 0) is 73.0 Å². The lowest BCUT2D eigenvalue weighted by Gasteiger charge is -2.27. The van der Waals surface area contributed by atoms with Crippen LogP contribution in [0.5, 0.6) is 5.75 Å². The average Bonchev–Trinajstić information content (AvgIpc) is 3.63. The summed E-state index contributed by atoms with van der Waals surface area (Å²) < 4.78 is 21.6. The van der Waals surface area contributed by atoms with Gasteiger partial charge in [-0.25, -0.2) is 19.3 Å². The molecule has 0 bridgehead atoms. The number of nitrogens with zero attached hydrogens (tertiary/aromatic N) is 5. The lowest BCUT2D eigenvalue weighted by molar-refractivity contribution is 0.223. The number of hydrogen-bond acceptors (Lipinski definition) is 6. The molecule has 0 spiro atoms. The van der Waals surface area contributed by atoms with E-state index in [9.17, 15) is 4.39 Å². The van der Waals surface area contributed by atoms with Crippen molar-refractivity contribution in [2.45, 2.75) is 51.7 Å². The third kappa shape index (κ3) is 6.81. The predicted octanol–water partition coefficient (Wildman–Crippen LogP) is 7.56. The van der Waals surface area contributed by atoms with Gasteiger partial charge in [0.25, 0.3) is 0 Å². The highest BCUT2D eigenvalue weighted by Gasteiger charge is 2.32. The van der Waals surface area contributed by atoms with Crippen molar-refractivity contribution in [3.63, 3.8) is 0 Å². The second-order valence-corrected chi connectivity index (χ2v) is 11.3. The zero-order chi connectivity index (χ0) is 30.3. The van der Waals surface area contributed by atoms with Crippen molar-refractivity contribution in [2.24, 2.45) is 0 Å². The minimum atomic E-state index is -0.264. The SMILES string of the molecule is CCCCN(Cc1ccccc1)CC1CCc2nc(-c3ccc(F)cc3)c(-c3ccnc(NCc4ccc(OC)cc4)n3)n21. The number of benzene rings is 3. The molecule has 1 N–H and O–H groups in total. The van der Waals surface area contributed by atoms with E-state index in [4.69, 9.17) is 14.7 Å². The third-order valence-electron chi connectivity index (χ3n) is 8.22. The van der Waals surface area contributed by atoms with E-state index in [1.165, 1.54) is 17.7 Å². The Kier molecular flexibility index (Phi) is 9.27. The van der Waals surface area contributed by atoms with Crippen molar-refractivity contribution in [3.8, 4) is 28.4 Å². The van der Waals surface area contributed by atoms with Crippen molar-refractivity contribution in [3.05, 3.63) is 114 Å². The maximum Gasteiger partial charge on any atom is 0.223 e. The van der Waals surface area contributed by atoms with Gasteiger partial charge in [-0.3, -0.25) is 4.90 Å². The van der Waals surface area contributed by atoms with Crippen LogP contribution in [-0.2, 0) is 19.5 Å². The number of anilines is 1. The smallest absolute Gasteiger partial charge is 0.223 e. The maximum atomic E-state index is 13.9. The summed E-state index contributed by atoms with van der Waals surface area (Å²) in [6, 6.07) is 27.4. The average molecular weight is 591 g/mol. The zero-order valence-electron chi connectivity index (χ0n) is 25.4. The lowest BCUT2D eigenvalue weighted by atomic mass is 10.1. The van der Waals surface area contributed by atoms with E-state index < -0.39 is 0 Å². The van der Waals surface area contributed by atoms with Gasteiger partial charge in [0.2, 0.25) is 5.95 Å². The molecule has 1 aliphatic heterocycles. The van der Waals surface area contributed by atoms with E-state index in [0.29, 0.717) is 12.5 Å². The normalized spacial score (nSPS) is 14.1. The Morgan fingerprint density at radius 2 is 1.75 bits per heavy atom. The molecular weight excluding hydrogens is 551 g/mol. The first-order valence-electron chi connectivity index (χ1n) is 15.4. The molecule has 0 saturated heterocycles. The molecule has 8 heteroatoms. The number of unbranched alkanes of at least 4 members (excludes halogenated alkanes) is 1. The summed E-state index contributed by atoms with van der Waals surface area (Å²) in [5, 5.41) is 3.38. The highest BCUT2D eigenvalue weighted by atomic mass is 19.1. The lowest BCUT2D eigenvalue weighted by Crippen LogP contribution is -2.30. The van der Waals surface area contributed by atoms with Gasteiger partial charge in [0.05, 0.1) is 24.2 Å². The van der Waals surface area contributed by atoms with Crippen LogP contribution in [0.4, 0.5) is 10.3 Å². The molecule has 226 valence electrons. The van der Waals surface area contributed by atoms with Crippen LogP contribution in [0.15, 0.2) is 91.1 Å². The molecule has 1 unspecified atom stereocenters. The highest BCUT2D eigenvalue weighted by molar-refractivity contribution is 5.78. The maximum absolute atomic E-state index is 13.9. The number of halogens is 1. The molecule has 1 atom stereocenters. The van der Waals surface area contributed by atoms with Gasteiger partial charge < -0.3 is 14.6 Å². The number of aryl methyl sites for hydroxylation is 1. The number of methoxy groups -OCH3 is 1. The minimum Gasteiger partial charge on any atom is -0.497 e. The molecule has 0 saturated carbocycles. The molecule has 0 amide bonds. The fraction of sp³-hybridized carbons (Fsp3) is 0.306. The van der Waals surface area contributed by atoms with Gasteiger partial charge >= 0.3 is 0 Å². The summed E-state index contributed by atoms with van der Waals surface area (Å²) in [6.45, 7) is 5.69. The number of ether oxygens (including phenoxy) is 1. The number of aromatic nitrogens is 4. The molecule has 5 aromatic rings. The second-order valence-electron chi connectivity index (χ2n) is 11.3. The fourth-order valence-corrected chi connectivity index (χ4v) is 5.96. The van der Waals surface area contributed by atoms with E-state index in [1.807, 2.05) is 30.3 Å². The largest absolute Gasteiger partial charge is 0.497 e. The van der Waals surface area contributed by atoms with E-state index in [-0.39, 0.29) is 11.9 Å². The van der Waals surface area contributed by atoms with Gasteiger partial charge in [0.15, 0.2) is 0 Å².